The van der Waals surface area contributed by atoms with Crippen molar-refractivity contribution in [2.75, 3.05) is 27.4 Å². The smallest absolute Gasteiger partial charge is 0.404 e. The Kier molecular flexibility index (Phi) is 4.04. The largest absolute Gasteiger partial charge is 0.530 e. The van der Waals surface area contributed by atoms with Crippen molar-refractivity contribution in [3.63, 3.8) is 0 Å². The van der Waals surface area contributed by atoms with E-state index >= 15 is 0 Å². The summed E-state index contributed by atoms with van der Waals surface area (Å²) in [5, 5.41) is 0. The van der Waals surface area contributed by atoms with Gasteiger partial charge in [-0.05, 0) is 12.1 Å². The molecule has 2 rings (SSSR count). The predicted octanol–water partition coefficient (Wildman–Crippen LogP) is 2.21. The summed E-state index contributed by atoms with van der Waals surface area (Å²) in [5.41, 5.74) is 0. The van der Waals surface area contributed by atoms with E-state index in [0.29, 0.717) is 5.75 Å². The second-order valence-corrected chi connectivity index (χ2v) is 5.31. The summed E-state index contributed by atoms with van der Waals surface area (Å²) in [6.45, 7) is -0.0474. The second-order valence-electron chi connectivity index (χ2n) is 3.72. The van der Waals surface area contributed by atoms with E-state index < -0.39 is 13.6 Å². The number of para-hydroxylation sites is 1. The second kappa shape index (κ2) is 5.38. The topological polar surface area (TPSA) is 63.2 Å². The maximum Gasteiger partial charge on any atom is 0.530 e. The lowest BCUT2D eigenvalue weighted by atomic mass is 10.3. The molecule has 0 bridgehead atoms. The first-order chi connectivity index (χ1) is 8.61. The van der Waals surface area contributed by atoms with Crippen LogP contribution in [0.2, 0.25) is 0 Å². The van der Waals surface area contributed by atoms with Crippen LogP contribution in [-0.2, 0) is 23.1 Å². The third-order valence-corrected chi connectivity index (χ3v) is 3.91. The van der Waals surface area contributed by atoms with Gasteiger partial charge in [0.05, 0.1) is 0 Å². The van der Waals surface area contributed by atoms with E-state index in [1.807, 2.05) is 6.07 Å². The number of hydrogen-bond acceptors (Lipinski definition) is 6. The lowest BCUT2D eigenvalue weighted by molar-refractivity contribution is -0.253. The number of methoxy groups -OCH3 is 2. The molecule has 7 heteroatoms. The molecule has 0 unspecified atom stereocenters. The average Bonchev–Trinajstić information content (AvgIpc) is 2.41. The van der Waals surface area contributed by atoms with Gasteiger partial charge in [-0.1, -0.05) is 18.2 Å². The van der Waals surface area contributed by atoms with Crippen LogP contribution in [0.15, 0.2) is 30.3 Å². The SMILES string of the molecule is COC1(OC)COP(=O)(Oc2ccccc2)OC1. The van der Waals surface area contributed by atoms with Crippen molar-refractivity contribution < 1.29 is 27.6 Å². The molecule has 0 aromatic heterocycles. The molecule has 0 N–H and O–H groups in total. The molecule has 0 amide bonds. The van der Waals surface area contributed by atoms with E-state index in [1.165, 1.54) is 14.2 Å². The normalized spacial score (nSPS) is 21.4. The van der Waals surface area contributed by atoms with Gasteiger partial charge in [-0.2, -0.15) is 0 Å². The van der Waals surface area contributed by atoms with Crippen LogP contribution in [0.4, 0.5) is 0 Å². The Morgan fingerprint density at radius 1 is 1.11 bits per heavy atom. The third-order valence-electron chi connectivity index (χ3n) is 2.59. The van der Waals surface area contributed by atoms with Crippen LogP contribution >= 0.6 is 7.82 Å². The highest BCUT2D eigenvalue weighted by atomic mass is 31.2. The summed E-state index contributed by atoms with van der Waals surface area (Å²) in [6, 6.07) is 8.69. The molecule has 6 nitrogen and oxygen atoms in total. The summed E-state index contributed by atoms with van der Waals surface area (Å²) in [5.74, 6) is -0.614. The van der Waals surface area contributed by atoms with Crippen molar-refractivity contribution in [1.82, 2.24) is 0 Å². The molecule has 1 heterocycles. The first kappa shape index (κ1) is 13.5. The lowest BCUT2D eigenvalue weighted by Gasteiger charge is -2.35. The number of ether oxygens (including phenoxy) is 2. The van der Waals surface area contributed by atoms with Gasteiger partial charge >= 0.3 is 7.82 Å². The maximum absolute atomic E-state index is 12.1. The Morgan fingerprint density at radius 2 is 1.67 bits per heavy atom. The van der Waals surface area contributed by atoms with Crippen LogP contribution in [-0.4, -0.2) is 33.2 Å². The van der Waals surface area contributed by atoms with Crippen molar-refractivity contribution in [2.24, 2.45) is 0 Å². The zero-order chi connectivity index (χ0) is 13.1. The Balaban J connectivity index is 2.02. The fourth-order valence-corrected chi connectivity index (χ4v) is 2.69. The molecule has 1 fully saturated rings. The van der Waals surface area contributed by atoms with Crippen molar-refractivity contribution >= 4 is 7.82 Å². The molecule has 1 aromatic rings. The van der Waals surface area contributed by atoms with Crippen molar-refractivity contribution in [1.29, 1.82) is 0 Å². The fraction of sp³-hybridized carbons (Fsp3) is 0.455. The minimum atomic E-state index is -3.60. The lowest BCUT2D eigenvalue weighted by Crippen LogP contribution is -2.46. The molecular weight excluding hydrogens is 259 g/mol. The van der Waals surface area contributed by atoms with E-state index in [4.69, 9.17) is 23.0 Å². The number of hydrogen-bond donors (Lipinski definition) is 0. The Morgan fingerprint density at radius 3 is 2.17 bits per heavy atom. The van der Waals surface area contributed by atoms with Crippen LogP contribution in [0.5, 0.6) is 5.75 Å². The maximum atomic E-state index is 12.1. The summed E-state index contributed by atoms with van der Waals surface area (Å²) in [6.07, 6.45) is 0. The van der Waals surface area contributed by atoms with Gasteiger partial charge < -0.3 is 14.0 Å². The van der Waals surface area contributed by atoms with Crippen LogP contribution in [0, 0.1) is 0 Å². The number of phosphoric acid groups is 1. The van der Waals surface area contributed by atoms with E-state index in [2.05, 4.69) is 0 Å². The van der Waals surface area contributed by atoms with Crippen LogP contribution in [0.25, 0.3) is 0 Å². The molecule has 1 aliphatic heterocycles. The van der Waals surface area contributed by atoms with Gasteiger partial charge in [0, 0.05) is 14.2 Å². The highest BCUT2D eigenvalue weighted by molar-refractivity contribution is 7.49. The van der Waals surface area contributed by atoms with Crippen LogP contribution in [0.3, 0.4) is 0 Å². The Labute approximate surface area is 105 Å². The summed E-state index contributed by atoms with van der Waals surface area (Å²) < 4.78 is 37.9. The van der Waals surface area contributed by atoms with Gasteiger partial charge in [0.2, 0.25) is 5.79 Å². The van der Waals surface area contributed by atoms with E-state index in [1.54, 1.807) is 24.3 Å². The Hall–Kier alpha value is -0.910. The standard InChI is InChI=1S/C11H15O6P/c1-13-11(14-2)8-15-18(12,16-9-11)17-10-6-4-3-5-7-10/h3-7H,8-9H2,1-2H3. The zero-order valence-corrected chi connectivity index (χ0v) is 11.1. The highest BCUT2D eigenvalue weighted by Crippen LogP contribution is 2.53. The van der Waals surface area contributed by atoms with Gasteiger partial charge in [-0.25, -0.2) is 4.57 Å². The van der Waals surface area contributed by atoms with Crippen molar-refractivity contribution in [3.8, 4) is 5.75 Å². The Bertz CT molecular complexity index is 416. The first-order valence-corrected chi connectivity index (χ1v) is 6.81. The number of benzene rings is 1. The van der Waals surface area contributed by atoms with E-state index in [-0.39, 0.29) is 13.2 Å². The molecule has 0 radical (unpaired) electrons. The van der Waals surface area contributed by atoms with E-state index in [0.717, 1.165) is 0 Å². The van der Waals surface area contributed by atoms with Gasteiger partial charge in [-0.3, -0.25) is 9.05 Å². The monoisotopic (exact) mass is 274 g/mol. The van der Waals surface area contributed by atoms with Gasteiger partial charge in [0.25, 0.3) is 0 Å². The molecule has 0 spiro atoms. The zero-order valence-electron chi connectivity index (χ0n) is 10.2. The van der Waals surface area contributed by atoms with Crippen molar-refractivity contribution in [2.45, 2.75) is 5.79 Å². The summed E-state index contributed by atoms with van der Waals surface area (Å²) in [7, 11) is -0.676. The molecule has 1 aliphatic rings. The minimum Gasteiger partial charge on any atom is -0.404 e. The average molecular weight is 274 g/mol. The molecule has 1 aromatic carbocycles. The molecule has 18 heavy (non-hydrogen) atoms. The summed E-state index contributed by atoms with van der Waals surface area (Å²) >= 11 is 0. The van der Waals surface area contributed by atoms with Gasteiger partial charge in [0.1, 0.15) is 19.0 Å². The van der Waals surface area contributed by atoms with Crippen molar-refractivity contribution in [3.05, 3.63) is 30.3 Å². The number of rotatable bonds is 4. The third kappa shape index (κ3) is 2.91. The highest BCUT2D eigenvalue weighted by Gasteiger charge is 2.45. The van der Waals surface area contributed by atoms with Crippen LogP contribution < -0.4 is 4.52 Å². The molecule has 0 saturated carbocycles. The first-order valence-electron chi connectivity index (χ1n) is 5.35. The molecule has 1 saturated heterocycles. The predicted molar refractivity (Wildman–Crippen MR) is 63.3 cm³/mol. The summed E-state index contributed by atoms with van der Waals surface area (Å²) in [4.78, 5) is 0. The quantitative estimate of drug-likeness (QED) is 0.619. The molecule has 0 aliphatic carbocycles. The number of phosphoric ester groups is 1. The van der Waals surface area contributed by atoms with Gasteiger partial charge in [-0.15, -0.1) is 0 Å². The minimum absolute atomic E-state index is 0.0237. The molecule has 0 atom stereocenters. The van der Waals surface area contributed by atoms with Crippen LogP contribution in [0.1, 0.15) is 0 Å². The van der Waals surface area contributed by atoms with Gasteiger partial charge in [0.15, 0.2) is 0 Å². The fourth-order valence-electron chi connectivity index (χ4n) is 1.42. The molecular formula is C11H15O6P. The van der Waals surface area contributed by atoms with E-state index in [9.17, 15) is 4.57 Å². The molecule has 100 valence electrons.